The number of carbonyl (C=O) groups is 1. The Hall–Kier alpha value is -0.570. The van der Waals surface area contributed by atoms with Crippen molar-refractivity contribution in [3.63, 3.8) is 0 Å². The number of rotatable bonds is 23. The Morgan fingerprint density at radius 2 is 1.17 bits per heavy atom. The zero-order valence-electron chi connectivity index (χ0n) is 20.8. The quantitative estimate of drug-likeness (QED) is 0.132. The van der Waals surface area contributed by atoms with E-state index in [0.29, 0.717) is 31.5 Å². The fourth-order valence-electron chi connectivity index (χ4n) is 4.13. The maximum atomic E-state index is 11.9. The van der Waals surface area contributed by atoms with Crippen molar-refractivity contribution in [3.05, 3.63) is 0 Å². The van der Waals surface area contributed by atoms with E-state index in [1.807, 2.05) is 0 Å². The fraction of sp³-hybridized carbons (Fsp3) is 0.963. The highest BCUT2D eigenvalue weighted by Crippen LogP contribution is 2.19. The minimum absolute atomic E-state index is 0.0139. The second-order valence-electron chi connectivity index (χ2n) is 9.36. The van der Waals surface area contributed by atoms with E-state index in [2.05, 4.69) is 20.8 Å². The third-order valence-electron chi connectivity index (χ3n) is 6.49. The Kier molecular flexibility index (Phi) is 22.7. The van der Waals surface area contributed by atoms with E-state index < -0.39 is 0 Å². The van der Waals surface area contributed by atoms with Crippen molar-refractivity contribution >= 4 is 5.97 Å². The van der Waals surface area contributed by atoms with Crippen LogP contribution in [-0.2, 0) is 9.53 Å². The molecular formula is C27H54O3. The number of hydrogen-bond acceptors (Lipinski definition) is 3. The lowest BCUT2D eigenvalue weighted by atomic mass is 9.95. The molecule has 0 aliphatic rings. The number of unbranched alkanes of at least 4 members (excludes halogenated alkanes) is 11. The molecule has 0 amide bonds. The first-order valence-corrected chi connectivity index (χ1v) is 13.4. The van der Waals surface area contributed by atoms with E-state index in [-0.39, 0.29) is 5.97 Å². The minimum atomic E-state index is -0.0139. The molecule has 180 valence electrons. The summed E-state index contributed by atoms with van der Waals surface area (Å²) < 4.78 is 5.47. The van der Waals surface area contributed by atoms with Crippen molar-refractivity contribution in [1.82, 2.24) is 0 Å². The summed E-state index contributed by atoms with van der Waals surface area (Å²) >= 11 is 0. The van der Waals surface area contributed by atoms with Gasteiger partial charge in [0.1, 0.15) is 0 Å². The van der Waals surface area contributed by atoms with E-state index in [4.69, 9.17) is 4.74 Å². The van der Waals surface area contributed by atoms with E-state index in [1.165, 1.54) is 89.9 Å². The fourth-order valence-corrected chi connectivity index (χ4v) is 4.13. The molecule has 0 radical (unpaired) electrons. The number of esters is 1. The van der Waals surface area contributed by atoms with Gasteiger partial charge in [-0.2, -0.15) is 0 Å². The molecule has 0 aromatic carbocycles. The van der Waals surface area contributed by atoms with Crippen LogP contribution in [0.5, 0.6) is 0 Å². The third-order valence-corrected chi connectivity index (χ3v) is 6.49. The average Bonchev–Trinajstić information content (AvgIpc) is 2.76. The number of hydrogen-bond donors (Lipinski definition) is 1. The predicted molar refractivity (Wildman–Crippen MR) is 130 cm³/mol. The number of ether oxygens (including phenoxy) is 1. The molecule has 0 aliphatic carbocycles. The SMILES string of the molecule is CCCCCCCCCC(CO)CCCCCCCC(=O)OCC(CC)CCCC. The Morgan fingerprint density at radius 1 is 0.667 bits per heavy atom. The van der Waals surface area contributed by atoms with Crippen LogP contribution in [0.25, 0.3) is 0 Å². The van der Waals surface area contributed by atoms with Crippen LogP contribution in [0.3, 0.4) is 0 Å². The summed E-state index contributed by atoms with van der Waals surface area (Å²) in [5, 5.41) is 9.60. The summed E-state index contributed by atoms with van der Waals surface area (Å²) in [5.74, 6) is 1.02. The molecule has 0 aromatic rings. The highest BCUT2D eigenvalue weighted by Gasteiger charge is 2.10. The van der Waals surface area contributed by atoms with Crippen molar-refractivity contribution in [2.24, 2.45) is 11.8 Å². The monoisotopic (exact) mass is 426 g/mol. The second kappa shape index (κ2) is 23.1. The maximum Gasteiger partial charge on any atom is 0.305 e. The van der Waals surface area contributed by atoms with Crippen molar-refractivity contribution in [2.45, 2.75) is 143 Å². The lowest BCUT2D eigenvalue weighted by Gasteiger charge is -2.14. The predicted octanol–water partition coefficient (Wildman–Crippen LogP) is 8.23. The van der Waals surface area contributed by atoms with Crippen LogP contribution >= 0.6 is 0 Å². The van der Waals surface area contributed by atoms with Gasteiger partial charge in [0.2, 0.25) is 0 Å². The van der Waals surface area contributed by atoms with Gasteiger partial charge in [-0.15, -0.1) is 0 Å². The smallest absolute Gasteiger partial charge is 0.305 e. The maximum absolute atomic E-state index is 11.9. The van der Waals surface area contributed by atoms with Crippen molar-refractivity contribution < 1.29 is 14.6 Å². The molecule has 30 heavy (non-hydrogen) atoms. The van der Waals surface area contributed by atoms with Crippen molar-refractivity contribution in [2.75, 3.05) is 13.2 Å². The summed E-state index contributed by atoms with van der Waals surface area (Å²) in [6.07, 6.45) is 22.7. The molecular weight excluding hydrogens is 372 g/mol. The van der Waals surface area contributed by atoms with Crippen LogP contribution < -0.4 is 0 Å². The largest absolute Gasteiger partial charge is 0.465 e. The molecule has 0 aromatic heterocycles. The standard InChI is InChI=1S/C27H54O3/c1-4-7-9-10-11-13-16-20-26(23-28)21-17-14-12-15-18-22-27(29)30-24-25(6-3)19-8-5-2/h25-26,28H,4-24H2,1-3H3. The van der Waals surface area contributed by atoms with E-state index >= 15 is 0 Å². The van der Waals surface area contributed by atoms with Gasteiger partial charge in [-0.1, -0.05) is 111 Å². The van der Waals surface area contributed by atoms with Crippen LogP contribution in [0.4, 0.5) is 0 Å². The Labute approximate surface area is 188 Å². The molecule has 0 rings (SSSR count). The second-order valence-corrected chi connectivity index (χ2v) is 9.36. The van der Waals surface area contributed by atoms with Crippen LogP contribution in [0, 0.1) is 11.8 Å². The van der Waals surface area contributed by atoms with Gasteiger partial charge in [0, 0.05) is 13.0 Å². The molecule has 1 N–H and O–H groups in total. The van der Waals surface area contributed by atoms with Gasteiger partial charge in [-0.3, -0.25) is 4.79 Å². The Bertz CT molecular complexity index is 356. The van der Waals surface area contributed by atoms with Crippen LogP contribution in [-0.4, -0.2) is 24.3 Å². The molecule has 0 saturated carbocycles. The zero-order valence-corrected chi connectivity index (χ0v) is 20.8. The number of aliphatic hydroxyl groups excluding tert-OH is 1. The molecule has 2 unspecified atom stereocenters. The average molecular weight is 427 g/mol. The lowest BCUT2D eigenvalue weighted by molar-refractivity contribution is -0.145. The van der Waals surface area contributed by atoms with E-state index in [9.17, 15) is 9.90 Å². The first-order chi connectivity index (χ1) is 14.7. The zero-order chi connectivity index (χ0) is 22.3. The van der Waals surface area contributed by atoms with E-state index in [0.717, 1.165) is 25.7 Å². The lowest BCUT2D eigenvalue weighted by Crippen LogP contribution is -2.13. The molecule has 0 aliphatic heterocycles. The molecule has 3 nitrogen and oxygen atoms in total. The highest BCUT2D eigenvalue weighted by molar-refractivity contribution is 5.69. The Morgan fingerprint density at radius 3 is 1.70 bits per heavy atom. The first-order valence-electron chi connectivity index (χ1n) is 13.4. The van der Waals surface area contributed by atoms with Crippen molar-refractivity contribution in [1.29, 1.82) is 0 Å². The first kappa shape index (κ1) is 29.4. The molecule has 0 heterocycles. The molecule has 0 bridgehead atoms. The molecule has 0 fully saturated rings. The highest BCUT2D eigenvalue weighted by atomic mass is 16.5. The topological polar surface area (TPSA) is 46.5 Å². The molecule has 0 spiro atoms. The van der Waals surface area contributed by atoms with Crippen LogP contribution in [0.2, 0.25) is 0 Å². The van der Waals surface area contributed by atoms with Gasteiger partial charge >= 0.3 is 5.97 Å². The third kappa shape index (κ3) is 19.4. The summed E-state index contributed by atoms with van der Waals surface area (Å²) in [6.45, 7) is 7.61. The minimum Gasteiger partial charge on any atom is -0.465 e. The van der Waals surface area contributed by atoms with Crippen LogP contribution in [0.1, 0.15) is 143 Å². The van der Waals surface area contributed by atoms with Gasteiger partial charge in [-0.05, 0) is 37.5 Å². The number of carbonyl (C=O) groups excluding carboxylic acids is 1. The summed E-state index contributed by atoms with van der Waals surface area (Å²) in [5.41, 5.74) is 0. The van der Waals surface area contributed by atoms with E-state index in [1.54, 1.807) is 0 Å². The molecule has 3 heteroatoms. The Balaban J connectivity index is 3.53. The summed E-state index contributed by atoms with van der Waals surface area (Å²) in [4.78, 5) is 11.9. The number of aliphatic hydroxyl groups is 1. The van der Waals surface area contributed by atoms with Gasteiger partial charge in [0.05, 0.1) is 6.61 Å². The summed E-state index contributed by atoms with van der Waals surface area (Å²) in [6, 6.07) is 0. The van der Waals surface area contributed by atoms with Gasteiger partial charge in [0.15, 0.2) is 0 Å². The molecule has 0 saturated heterocycles. The summed E-state index contributed by atoms with van der Waals surface area (Å²) in [7, 11) is 0. The van der Waals surface area contributed by atoms with Crippen molar-refractivity contribution in [3.8, 4) is 0 Å². The van der Waals surface area contributed by atoms with Crippen LogP contribution in [0.15, 0.2) is 0 Å². The van der Waals surface area contributed by atoms with Gasteiger partial charge in [-0.25, -0.2) is 0 Å². The van der Waals surface area contributed by atoms with Gasteiger partial charge in [0.25, 0.3) is 0 Å². The normalized spacial score (nSPS) is 13.3. The van der Waals surface area contributed by atoms with Gasteiger partial charge < -0.3 is 9.84 Å². The molecule has 2 atom stereocenters.